The summed E-state index contributed by atoms with van der Waals surface area (Å²) in [5, 5.41) is 10.5. The lowest BCUT2D eigenvalue weighted by atomic mass is 9.73. The number of rotatable bonds is 15. The second-order valence-electron chi connectivity index (χ2n) is 9.28. The maximum absolute atomic E-state index is 10.5. The third-order valence-corrected chi connectivity index (χ3v) is 6.95. The van der Waals surface area contributed by atoms with Crippen molar-refractivity contribution in [2.24, 2.45) is 5.73 Å². The molecule has 1 saturated heterocycles. The van der Waals surface area contributed by atoms with Crippen molar-refractivity contribution in [3.05, 3.63) is 35.9 Å². The van der Waals surface area contributed by atoms with Gasteiger partial charge in [-0.15, -0.1) is 24.8 Å². The van der Waals surface area contributed by atoms with Crippen LogP contribution in [0.1, 0.15) is 96.0 Å². The Balaban J connectivity index is 0.00000450. The molecule has 1 aromatic rings. The van der Waals surface area contributed by atoms with Gasteiger partial charge in [0.2, 0.25) is 0 Å². The van der Waals surface area contributed by atoms with Gasteiger partial charge in [0.25, 0.3) is 0 Å². The van der Waals surface area contributed by atoms with Gasteiger partial charge in [0.1, 0.15) is 0 Å². The van der Waals surface area contributed by atoms with Crippen molar-refractivity contribution in [2.45, 2.75) is 102 Å². The van der Waals surface area contributed by atoms with E-state index in [9.17, 15) is 5.11 Å². The number of hydrogen-bond donors (Lipinski definition) is 2. The maximum Gasteiger partial charge on any atom is 0.0667 e. The van der Waals surface area contributed by atoms with E-state index in [1.54, 1.807) is 0 Å². The normalized spacial score (nSPS) is 16.9. The van der Waals surface area contributed by atoms with E-state index in [0.29, 0.717) is 6.54 Å². The van der Waals surface area contributed by atoms with Crippen molar-refractivity contribution < 1.29 is 5.11 Å². The molecule has 3 nitrogen and oxygen atoms in total. The smallest absolute Gasteiger partial charge is 0.0667 e. The van der Waals surface area contributed by atoms with Crippen molar-refractivity contribution in [3.63, 3.8) is 0 Å². The molecule has 0 amide bonds. The van der Waals surface area contributed by atoms with Crippen LogP contribution in [0.15, 0.2) is 30.3 Å². The number of likely N-dealkylation sites (tertiary alicyclic amines) is 1. The van der Waals surface area contributed by atoms with E-state index in [1.807, 2.05) is 0 Å². The van der Waals surface area contributed by atoms with E-state index in [0.717, 1.165) is 38.9 Å². The molecule has 1 fully saturated rings. The first-order valence-electron chi connectivity index (χ1n) is 12.4. The topological polar surface area (TPSA) is 49.5 Å². The molecule has 1 aliphatic rings. The molecular weight excluding hydrogens is 427 g/mol. The summed E-state index contributed by atoms with van der Waals surface area (Å²) in [6, 6.07) is 10.8. The molecule has 1 aliphatic heterocycles. The second kappa shape index (κ2) is 18.1. The maximum atomic E-state index is 10.5. The third kappa shape index (κ3) is 11.4. The number of piperidine rings is 1. The first kappa shape index (κ1) is 30.7. The van der Waals surface area contributed by atoms with Gasteiger partial charge < -0.3 is 15.7 Å². The second-order valence-corrected chi connectivity index (χ2v) is 9.28. The van der Waals surface area contributed by atoms with Crippen LogP contribution >= 0.6 is 24.8 Å². The molecule has 1 atom stereocenters. The minimum atomic E-state index is -0.175. The summed E-state index contributed by atoms with van der Waals surface area (Å²) in [5.41, 5.74) is 7.70. The summed E-state index contributed by atoms with van der Waals surface area (Å²) in [5.74, 6) is 0. The first-order chi connectivity index (χ1) is 14.2. The van der Waals surface area contributed by atoms with Gasteiger partial charge in [0.15, 0.2) is 0 Å². The average molecular weight is 476 g/mol. The van der Waals surface area contributed by atoms with Crippen molar-refractivity contribution >= 4 is 24.8 Å². The van der Waals surface area contributed by atoms with Crippen LogP contribution in [-0.4, -0.2) is 42.3 Å². The zero-order chi connectivity index (χ0) is 20.8. The Kier molecular flexibility index (Phi) is 18.0. The van der Waals surface area contributed by atoms with E-state index in [1.165, 1.54) is 69.8 Å². The molecule has 3 N–H and O–H groups in total. The lowest BCUT2D eigenvalue weighted by Gasteiger charge is -2.42. The van der Waals surface area contributed by atoms with Crippen LogP contribution in [0.5, 0.6) is 0 Å². The van der Waals surface area contributed by atoms with Crippen LogP contribution in [0.4, 0.5) is 0 Å². The molecule has 2 rings (SSSR count). The van der Waals surface area contributed by atoms with Gasteiger partial charge in [-0.1, -0.05) is 101 Å². The highest BCUT2D eigenvalue weighted by molar-refractivity contribution is 5.85. The van der Waals surface area contributed by atoms with E-state index in [2.05, 4.69) is 42.2 Å². The molecule has 1 aromatic carbocycles. The van der Waals surface area contributed by atoms with Crippen molar-refractivity contribution in [3.8, 4) is 0 Å². The van der Waals surface area contributed by atoms with Gasteiger partial charge in [-0.3, -0.25) is 0 Å². The molecule has 0 aliphatic carbocycles. The van der Waals surface area contributed by atoms with Crippen molar-refractivity contribution in [1.82, 2.24) is 4.90 Å². The fraction of sp³-hybridized carbons (Fsp3) is 0.769. The Hall–Kier alpha value is -0.320. The summed E-state index contributed by atoms with van der Waals surface area (Å²) < 4.78 is 0. The number of nitrogens with two attached hydrogens (primary N) is 1. The number of halogens is 2. The van der Waals surface area contributed by atoms with Gasteiger partial charge in [-0.05, 0) is 37.9 Å². The predicted octanol–water partition coefficient (Wildman–Crippen LogP) is 6.49. The summed E-state index contributed by atoms with van der Waals surface area (Å²) >= 11 is 0. The fourth-order valence-corrected chi connectivity index (χ4v) is 4.82. The highest BCUT2D eigenvalue weighted by atomic mass is 35.5. The van der Waals surface area contributed by atoms with E-state index in [4.69, 9.17) is 5.73 Å². The summed E-state index contributed by atoms with van der Waals surface area (Å²) in [6.45, 7) is 5.90. The van der Waals surface area contributed by atoms with Crippen LogP contribution in [0.25, 0.3) is 0 Å². The van der Waals surface area contributed by atoms with Gasteiger partial charge in [0.05, 0.1) is 6.10 Å². The minimum Gasteiger partial charge on any atom is -0.392 e. The fourth-order valence-electron chi connectivity index (χ4n) is 4.82. The number of nitrogens with zero attached hydrogens (tertiary/aromatic N) is 1. The van der Waals surface area contributed by atoms with Crippen LogP contribution in [0.3, 0.4) is 0 Å². The molecular formula is C26H48Cl2N2O. The summed E-state index contributed by atoms with van der Waals surface area (Å²) in [4.78, 5) is 2.44. The first-order valence-corrected chi connectivity index (χ1v) is 12.4. The van der Waals surface area contributed by atoms with Gasteiger partial charge in [0, 0.05) is 18.5 Å². The van der Waals surface area contributed by atoms with Crippen molar-refractivity contribution in [2.75, 3.05) is 26.2 Å². The molecule has 1 unspecified atom stereocenters. The Labute approximate surface area is 204 Å². The monoisotopic (exact) mass is 474 g/mol. The van der Waals surface area contributed by atoms with E-state index >= 15 is 0 Å². The number of β-amino-alcohol motifs (C(OH)–C–C–N with tert-alkyl or cyclic N) is 1. The summed E-state index contributed by atoms with van der Waals surface area (Å²) in [6.07, 6.45) is 16.5. The number of aliphatic hydroxyl groups is 1. The number of benzene rings is 1. The molecule has 0 spiro atoms. The molecule has 1 heterocycles. The van der Waals surface area contributed by atoms with Crippen LogP contribution in [-0.2, 0) is 5.41 Å². The van der Waals surface area contributed by atoms with Gasteiger partial charge >= 0.3 is 0 Å². The number of unbranched alkanes of at least 4 members (excludes halogenated alkanes) is 9. The molecule has 5 heteroatoms. The van der Waals surface area contributed by atoms with Crippen molar-refractivity contribution in [1.29, 1.82) is 0 Å². The highest BCUT2D eigenvalue weighted by Crippen LogP contribution is 2.34. The molecule has 0 aromatic heterocycles. The number of hydrogen-bond acceptors (Lipinski definition) is 3. The largest absolute Gasteiger partial charge is 0.392 e. The predicted molar refractivity (Wildman–Crippen MR) is 140 cm³/mol. The molecule has 0 bridgehead atoms. The molecule has 182 valence electrons. The quantitative estimate of drug-likeness (QED) is 0.285. The zero-order valence-corrected chi connectivity index (χ0v) is 21.4. The Morgan fingerprint density at radius 3 is 1.90 bits per heavy atom. The summed E-state index contributed by atoms with van der Waals surface area (Å²) in [7, 11) is 0. The van der Waals surface area contributed by atoms with Gasteiger partial charge in [-0.2, -0.15) is 0 Å². The van der Waals surface area contributed by atoms with Crippen LogP contribution in [0, 0.1) is 0 Å². The Morgan fingerprint density at radius 2 is 1.39 bits per heavy atom. The lowest BCUT2D eigenvalue weighted by Crippen LogP contribution is -2.48. The standard InChI is InChI=1S/C26H46N2O.2ClH/c1-2-3-4-5-6-7-8-9-10-14-17-25(29)22-28-20-18-26(23-27,19-21-28)24-15-12-11-13-16-24;;/h11-13,15-16,25,29H,2-10,14,17-23,27H2,1H3;2*1H. The highest BCUT2D eigenvalue weighted by Gasteiger charge is 2.35. The third-order valence-electron chi connectivity index (χ3n) is 6.95. The zero-order valence-electron chi connectivity index (χ0n) is 19.8. The minimum absolute atomic E-state index is 0. The SMILES string of the molecule is CCCCCCCCCCCCC(O)CN1CCC(CN)(c2ccccc2)CC1.Cl.Cl. The lowest BCUT2D eigenvalue weighted by molar-refractivity contribution is 0.0760. The Morgan fingerprint density at radius 1 is 0.871 bits per heavy atom. The molecule has 31 heavy (non-hydrogen) atoms. The van der Waals surface area contributed by atoms with Gasteiger partial charge in [-0.25, -0.2) is 0 Å². The molecule has 0 saturated carbocycles. The van der Waals surface area contributed by atoms with E-state index in [-0.39, 0.29) is 36.3 Å². The van der Waals surface area contributed by atoms with Crippen LogP contribution in [0.2, 0.25) is 0 Å². The van der Waals surface area contributed by atoms with E-state index < -0.39 is 0 Å². The average Bonchev–Trinajstić information content (AvgIpc) is 2.76. The van der Waals surface area contributed by atoms with Crippen LogP contribution < -0.4 is 5.73 Å². The Bertz CT molecular complexity index is 521. The molecule has 0 radical (unpaired) electrons. The number of aliphatic hydroxyl groups excluding tert-OH is 1.